The fraction of sp³-hybridized carbons (Fsp3) is 1.00. The van der Waals surface area contributed by atoms with Crippen LogP contribution in [0, 0.1) is 5.41 Å². The fourth-order valence-corrected chi connectivity index (χ4v) is 3.49. The molecule has 0 bridgehead atoms. The maximum absolute atomic E-state index is 3.89. The minimum atomic E-state index is 0.562. The molecule has 3 unspecified atom stereocenters. The van der Waals surface area contributed by atoms with Crippen molar-refractivity contribution in [1.82, 2.24) is 10.2 Å². The van der Waals surface area contributed by atoms with Gasteiger partial charge in [-0.2, -0.15) is 0 Å². The molecule has 2 fully saturated rings. The maximum atomic E-state index is 3.89. The SMILES string of the molecule is CC1CC(NC2CCCC(C)(C)C2)CN1C. The Bertz CT molecular complexity index is 227. The highest BCUT2D eigenvalue weighted by Crippen LogP contribution is 2.35. The van der Waals surface area contributed by atoms with Gasteiger partial charge in [0.1, 0.15) is 0 Å². The van der Waals surface area contributed by atoms with Gasteiger partial charge in [-0.15, -0.1) is 0 Å². The van der Waals surface area contributed by atoms with E-state index in [1.54, 1.807) is 0 Å². The van der Waals surface area contributed by atoms with Crippen LogP contribution in [-0.4, -0.2) is 36.6 Å². The van der Waals surface area contributed by atoms with Crippen LogP contribution in [0.5, 0.6) is 0 Å². The Morgan fingerprint density at radius 2 is 2.00 bits per heavy atom. The molecule has 1 saturated heterocycles. The normalized spacial score (nSPS) is 40.1. The molecule has 0 spiro atoms. The lowest BCUT2D eigenvalue weighted by molar-refractivity contribution is 0.189. The van der Waals surface area contributed by atoms with Crippen molar-refractivity contribution < 1.29 is 0 Å². The van der Waals surface area contributed by atoms with Crippen LogP contribution in [0.2, 0.25) is 0 Å². The van der Waals surface area contributed by atoms with Crippen LogP contribution in [-0.2, 0) is 0 Å². The van der Waals surface area contributed by atoms with E-state index >= 15 is 0 Å². The summed E-state index contributed by atoms with van der Waals surface area (Å²) < 4.78 is 0. The molecule has 16 heavy (non-hydrogen) atoms. The molecule has 1 aliphatic heterocycles. The Kier molecular flexibility index (Phi) is 3.60. The third-order valence-corrected chi connectivity index (χ3v) is 4.56. The van der Waals surface area contributed by atoms with Gasteiger partial charge >= 0.3 is 0 Å². The average Bonchev–Trinajstić information content (AvgIpc) is 2.43. The Labute approximate surface area is 101 Å². The third-order valence-electron chi connectivity index (χ3n) is 4.56. The van der Waals surface area contributed by atoms with E-state index in [0.717, 1.165) is 18.1 Å². The first kappa shape index (κ1) is 12.4. The van der Waals surface area contributed by atoms with E-state index in [0.29, 0.717) is 5.41 Å². The van der Waals surface area contributed by atoms with E-state index in [9.17, 15) is 0 Å². The number of hydrogen-bond donors (Lipinski definition) is 1. The molecule has 1 saturated carbocycles. The summed E-state index contributed by atoms with van der Waals surface area (Å²) in [7, 11) is 2.25. The molecule has 1 N–H and O–H groups in total. The monoisotopic (exact) mass is 224 g/mol. The molecule has 0 radical (unpaired) electrons. The molecule has 1 heterocycles. The van der Waals surface area contributed by atoms with Gasteiger partial charge in [-0.1, -0.05) is 20.3 Å². The molecular weight excluding hydrogens is 196 g/mol. The van der Waals surface area contributed by atoms with E-state index in [2.05, 4.69) is 38.0 Å². The van der Waals surface area contributed by atoms with Crippen molar-refractivity contribution in [3.8, 4) is 0 Å². The molecule has 2 aliphatic rings. The summed E-state index contributed by atoms with van der Waals surface area (Å²) in [6.45, 7) is 8.42. The zero-order valence-corrected chi connectivity index (χ0v) is 11.4. The zero-order valence-electron chi connectivity index (χ0n) is 11.4. The van der Waals surface area contributed by atoms with E-state index in [-0.39, 0.29) is 0 Å². The smallest absolute Gasteiger partial charge is 0.0212 e. The number of nitrogens with one attached hydrogen (secondary N) is 1. The summed E-state index contributed by atoms with van der Waals surface area (Å²) >= 11 is 0. The molecule has 0 aromatic carbocycles. The van der Waals surface area contributed by atoms with Crippen molar-refractivity contribution in [3.63, 3.8) is 0 Å². The summed E-state index contributed by atoms with van der Waals surface area (Å²) in [6, 6.07) is 2.26. The lowest BCUT2D eigenvalue weighted by atomic mass is 9.75. The molecule has 2 heteroatoms. The van der Waals surface area contributed by atoms with Crippen molar-refractivity contribution in [2.75, 3.05) is 13.6 Å². The van der Waals surface area contributed by atoms with Crippen molar-refractivity contribution in [3.05, 3.63) is 0 Å². The number of hydrogen-bond acceptors (Lipinski definition) is 2. The highest BCUT2D eigenvalue weighted by atomic mass is 15.2. The predicted octanol–water partition coefficient (Wildman–Crippen LogP) is 2.64. The van der Waals surface area contributed by atoms with Gasteiger partial charge in [0, 0.05) is 24.7 Å². The Morgan fingerprint density at radius 3 is 2.56 bits per heavy atom. The number of nitrogens with zero attached hydrogens (tertiary/aromatic N) is 1. The molecule has 2 nitrogen and oxygen atoms in total. The molecule has 0 aromatic heterocycles. The first-order valence-electron chi connectivity index (χ1n) is 6.92. The van der Waals surface area contributed by atoms with Gasteiger partial charge in [-0.25, -0.2) is 0 Å². The second-order valence-electron chi connectivity index (χ2n) is 6.85. The van der Waals surface area contributed by atoms with Crippen LogP contribution in [0.15, 0.2) is 0 Å². The van der Waals surface area contributed by atoms with Gasteiger partial charge in [0.05, 0.1) is 0 Å². The Hall–Kier alpha value is -0.0800. The standard InChI is InChI=1S/C14H28N2/c1-11-8-13(10-16(11)4)15-12-6-5-7-14(2,3)9-12/h11-13,15H,5-10H2,1-4H3. The summed E-state index contributed by atoms with van der Waals surface area (Å²) in [4.78, 5) is 2.48. The summed E-state index contributed by atoms with van der Waals surface area (Å²) in [5.41, 5.74) is 0.562. The molecule has 94 valence electrons. The molecular formula is C14H28N2. The predicted molar refractivity (Wildman–Crippen MR) is 69.7 cm³/mol. The van der Waals surface area contributed by atoms with Crippen molar-refractivity contribution in [2.24, 2.45) is 5.41 Å². The largest absolute Gasteiger partial charge is 0.310 e. The van der Waals surface area contributed by atoms with E-state index in [1.165, 1.54) is 38.6 Å². The van der Waals surface area contributed by atoms with E-state index in [1.807, 2.05) is 0 Å². The molecule has 2 rings (SSSR count). The highest BCUT2D eigenvalue weighted by Gasteiger charge is 2.32. The summed E-state index contributed by atoms with van der Waals surface area (Å²) in [6.07, 6.45) is 6.89. The van der Waals surface area contributed by atoms with E-state index in [4.69, 9.17) is 0 Å². The van der Waals surface area contributed by atoms with Gasteiger partial charge in [-0.3, -0.25) is 0 Å². The van der Waals surface area contributed by atoms with Gasteiger partial charge in [0.25, 0.3) is 0 Å². The first-order valence-corrected chi connectivity index (χ1v) is 6.92. The van der Waals surface area contributed by atoms with Gasteiger partial charge in [0.15, 0.2) is 0 Å². The summed E-state index contributed by atoms with van der Waals surface area (Å²) in [5.74, 6) is 0. The minimum absolute atomic E-state index is 0.562. The molecule has 1 aliphatic carbocycles. The van der Waals surface area contributed by atoms with Crippen molar-refractivity contribution in [2.45, 2.75) is 71.0 Å². The lowest BCUT2D eigenvalue weighted by Crippen LogP contribution is -2.43. The van der Waals surface area contributed by atoms with Gasteiger partial charge in [0.2, 0.25) is 0 Å². The van der Waals surface area contributed by atoms with Gasteiger partial charge in [-0.05, 0) is 45.1 Å². The third kappa shape index (κ3) is 2.98. The second kappa shape index (κ2) is 4.66. The quantitative estimate of drug-likeness (QED) is 0.776. The number of likely N-dealkylation sites (tertiary alicyclic amines) is 1. The van der Waals surface area contributed by atoms with Crippen LogP contribution in [0.3, 0.4) is 0 Å². The van der Waals surface area contributed by atoms with Crippen LogP contribution in [0.25, 0.3) is 0 Å². The molecule has 0 amide bonds. The first-order chi connectivity index (χ1) is 7.46. The molecule has 0 aromatic rings. The summed E-state index contributed by atoms with van der Waals surface area (Å²) in [5, 5.41) is 3.89. The van der Waals surface area contributed by atoms with Crippen molar-refractivity contribution >= 4 is 0 Å². The van der Waals surface area contributed by atoms with Crippen LogP contribution < -0.4 is 5.32 Å². The van der Waals surface area contributed by atoms with Gasteiger partial charge < -0.3 is 10.2 Å². The zero-order chi connectivity index (χ0) is 11.8. The maximum Gasteiger partial charge on any atom is 0.0212 e. The van der Waals surface area contributed by atoms with Crippen LogP contribution in [0.1, 0.15) is 52.9 Å². The fourth-order valence-electron chi connectivity index (χ4n) is 3.49. The molecule has 3 atom stereocenters. The number of rotatable bonds is 2. The number of likely N-dealkylation sites (N-methyl/N-ethyl adjacent to an activating group) is 1. The Morgan fingerprint density at radius 1 is 1.25 bits per heavy atom. The van der Waals surface area contributed by atoms with Crippen LogP contribution in [0.4, 0.5) is 0 Å². The average molecular weight is 224 g/mol. The lowest BCUT2D eigenvalue weighted by Gasteiger charge is -2.37. The van der Waals surface area contributed by atoms with Crippen LogP contribution >= 0.6 is 0 Å². The minimum Gasteiger partial charge on any atom is -0.310 e. The second-order valence-corrected chi connectivity index (χ2v) is 6.85. The van der Waals surface area contributed by atoms with Crippen molar-refractivity contribution in [1.29, 1.82) is 0 Å². The Balaban J connectivity index is 1.82. The van der Waals surface area contributed by atoms with E-state index < -0.39 is 0 Å². The highest BCUT2D eigenvalue weighted by molar-refractivity contribution is 4.90. The topological polar surface area (TPSA) is 15.3 Å².